The van der Waals surface area contributed by atoms with Gasteiger partial charge in [0.2, 0.25) is 0 Å². The van der Waals surface area contributed by atoms with Crippen molar-refractivity contribution < 1.29 is 47.9 Å². The van der Waals surface area contributed by atoms with E-state index in [-0.39, 0.29) is 11.1 Å². The largest absolute Gasteiger partial charge is 0.459 e. The predicted octanol–water partition coefficient (Wildman–Crippen LogP) is 6.82. The molecule has 38 heavy (non-hydrogen) atoms. The van der Waals surface area contributed by atoms with E-state index in [4.69, 9.17) is 0 Å². The lowest BCUT2D eigenvalue weighted by Crippen LogP contribution is -2.43. The number of sulfone groups is 1. The smallest absolute Gasteiger partial charge is 0.255 e. The summed E-state index contributed by atoms with van der Waals surface area (Å²) in [7, 11) is -4.12. The van der Waals surface area contributed by atoms with Crippen LogP contribution >= 0.6 is 0 Å². The molecule has 4 nitrogen and oxygen atoms in total. The molecule has 3 aromatic rings. The minimum absolute atomic E-state index is 0.0463. The molecular weight excluding hydrogens is 551 g/mol. The predicted molar refractivity (Wildman–Crippen MR) is 120 cm³/mol. The van der Waals surface area contributed by atoms with Crippen molar-refractivity contribution in [2.75, 3.05) is 11.3 Å². The number of halogens is 9. The van der Waals surface area contributed by atoms with Gasteiger partial charge in [-0.3, -0.25) is 5.01 Å². The van der Waals surface area contributed by atoms with Crippen molar-refractivity contribution in [2.24, 2.45) is 5.10 Å². The first-order chi connectivity index (χ1) is 17.5. The van der Waals surface area contributed by atoms with E-state index in [1.807, 2.05) is 0 Å². The molecule has 1 aliphatic rings. The van der Waals surface area contributed by atoms with E-state index in [1.165, 1.54) is 18.2 Å². The molecule has 3 aromatic carbocycles. The van der Waals surface area contributed by atoms with Crippen molar-refractivity contribution in [1.29, 1.82) is 0 Å². The second kappa shape index (κ2) is 9.33. The third-order valence-corrected chi connectivity index (χ3v) is 6.90. The van der Waals surface area contributed by atoms with Crippen LogP contribution < -0.4 is 5.01 Å². The fourth-order valence-corrected chi connectivity index (χ4v) is 4.69. The standard InChI is InChI=1S/C24H15F9N2O2S/c1-38(36,37)21-10-16(26)15(9-18(21)28)12-3-2-4-13(7-12)20-11-22(23(29,30)24(31,32)33)34-35(20)19-6-5-14(25)8-17(19)27/h2-10,20H,11H2,1H3. The molecule has 1 heterocycles. The number of hydrogen-bond acceptors (Lipinski definition) is 4. The molecule has 14 heteroatoms. The molecule has 1 unspecified atom stereocenters. The molecule has 0 bridgehead atoms. The molecule has 202 valence electrons. The zero-order valence-corrected chi connectivity index (χ0v) is 19.8. The summed E-state index contributed by atoms with van der Waals surface area (Å²) in [5.74, 6) is -10.2. The van der Waals surface area contributed by atoms with E-state index in [9.17, 15) is 47.9 Å². The van der Waals surface area contributed by atoms with Gasteiger partial charge >= 0.3 is 12.1 Å². The van der Waals surface area contributed by atoms with Gasteiger partial charge in [0, 0.05) is 24.3 Å². The van der Waals surface area contributed by atoms with E-state index >= 15 is 0 Å². The van der Waals surface area contributed by atoms with E-state index in [2.05, 4.69) is 5.10 Å². The normalized spacial score (nSPS) is 16.6. The van der Waals surface area contributed by atoms with Gasteiger partial charge < -0.3 is 0 Å². The average Bonchev–Trinajstić information content (AvgIpc) is 3.25. The summed E-state index contributed by atoms with van der Waals surface area (Å²) >= 11 is 0. The van der Waals surface area contributed by atoms with E-state index < -0.39 is 79.5 Å². The molecule has 0 aliphatic carbocycles. The summed E-state index contributed by atoms with van der Waals surface area (Å²) in [6.45, 7) is 0. The maximum Gasteiger partial charge on any atom is 0.459 e. The van der Waals surface area contributed by atoms with Crippen LogP contribution in [0.4, 0.5) is 45.2 Å². The summed E-state index contributed by atoms with van der Waals surface area (Å²) in [6.07, 6.45) is -6.39. The third-order valence-electron chi connectivity index (χ3n) is 5.79. The lowest BCUT2D eigenvalue weighted by atomic mass is 9.95. The number of hydrogen-bond donors (Lipinski definition) is 0. The molecule has 0 N–H and O–H groups in total. The minimum atomic E-state index is -6.02. The Labute approximate surface area is 209 Å². The lowest BCUT2D eigenvalue weighted by Gasteiger charge is -2.25. The van der Waals surface area contributed by atoms with Crippen LogP contribution in [0, 0.1) is 23.3 Å². The molecule has 4 rings (SSSR count). The van der Waals surface area contributed by atoms with Crippen LogP contribution in [-0.2, 0) is 9.84 Å². The first kappa shape index (κ1) is 27.5. The molecule has 0 fully saturated rings. The monoisotopic (exact) mass is 566 g/mol. The molecule has 0 amide bonds. The molecule has 0 spiro atoms. The highest BCUT2D eigenvalue weighted by atomic mass is 32.2. The first-order valence-electron chi connectivity index (χ1n) is 10.6. The number of alkyl halides is 5. The van der Waals surface area contributed by atoms with Crippen LogP contribution in [0.15, 0.2) is 64.6 Å². The second-order valence-electron chi connectivity index (χ2n) is 8.44. The maximum absolute atomic E-state index is 14.8. The second-order valence-corrected chi connectivity index (χ2v) is 10.4. The zero-order chi connectivity index (χ0) is 28.2. The number of hydrazone groups is 1. The highest BCUT2D eigenvalue weighted by Crippen LogP contribution is 2.45. The quantitative estimate of drug-likeness (QED) is 0.319. The van der Waals surface area contributed by atoms with Gasteiger partial charge in [0.25, 0.3) is 0 Å². The van der Waals surface area contributed by atoms with Gasteiger partial charge in [0.15, 0.2) is 15.7 Å². The fraction of sp³-hybridized carbons (Fsp3) is 0.208. The van der Waals surface area contributed by atoms with Gasteiger partial charge in [0.1, 0.15) is 28.1 Å². The number of benzene rings is 3. The summed E-state index contributed by atoms with van der Waals surface area (Å²) < 4.78 is 148. The average molecular weight is 566 g/mol. The van der Waals surface area contributed by atoms with Gasteiger partial charge in [-0.2, -0.15) is 27.1 Å². The fourth-order valence-electron chi connectivity index (χ4n) is 3.96. The molecule has 1 aliphatic heterocycles. The summed E-state index contributed by atoms with van der Waals surface area (Å²) in [4.78, 5) is -0.906. The molecule has 0 aromatic heterocycles. The van der Waals surface area contributed by atoms with Crippen LogP contribution in [0.5, 0.6) is 0 Å². The Morgan fingerprint density at radius 3 is 2.16 bits per heavy atom. The van der Waals surface area contributed by atoms with E-state index in [0.29, 0.717) is 29.5 Å². The molecule has 0 saturated heterocycles. The Bertz CT molecular complexity index is 1550. The van der Waals surface area contributed by atoms with Crippen molar-refractivity contribution in [2.45, 2.75) is 29.5 Å². The van der Waals surface area contributed by atoms with Crippen LogP contribution in [-0.4, -0.2) is 32.5 Å². The topological polar surface area (TPSA) is 49.7 Å². The number of anilines is 1. The Morgan fingerprint density at radius 2 is 1.55 bits per heavy atom. The van der Waals surface area contributed by atoms with Crippen molar-refractivity contribution >= 4 is 21.2 Å². The molecular formula is C24H15F9N2O2S. The summed E-state index contributed by atoms with van der Waals surface area (Å²) in [5, 5.41) is 3.87. The number of rotatable bonds is 5. The lowest BCUT2D eigenvalue weighted by molar-refractivity contribution is -0.249. The van der Waals surface area contributed by atoms with Gasteiger partial charge in [-0.05, 0) is 41.5 Å². The molecule has 0 radical (unpaired) electrons. The van der Waals surface area contributed by atoms with E-state index in [1.54, 1.807) is 0 Å². The first-order valence-corrected chi connectivity index (χ1v) is 12.5. The molecule has 0 saturated carbocycles. The summed E-state index contributed by atoms with van der Waals surface area (Å²) in [6, 6.07) is 6.40. The van der Waals surface area contributed by atoms with Crippen LogP contribution in [0.25, 0.3) is 11.1 Å². The van der Waals surface area contributed by atoms with E-state index in [0.717, 1.165) is 18.2 Å². The summed E-state index contributed by atoms with van der Waals surface area (Å²) in [5.41, 5.74) is -2.82. The van der Waals surface area contributed by atoms with Crippen LogP contribution in [0.1, 0.15) is 18.0 Å². The highest BCUT2D eigenvalue weighted by Gasteiger charge is 2.63. The van der Waals surface area contributed by atoms with Crippen molar-refractivity contribution in [1.82, 2.24) is 0 Å². The van der Waals surface area contributed by atoms with Crippen molar-refractivity contribution in [3.8, 4) is 11.1 Å². The third kappa shape index (κ3) is 4.96. The Kier molecular flexibility index (Phi) is 6.75. The van der Waals surface area contributed by atoms with Crippen molar-refractivity contribution in [3.63, 3.8) is 0 Å². The number of nitrogens with zero attached hydrogens (tertiary/aromatic N) is 2. The molecule has 1 atom stereocenters. The van der Waals surface area contributed by atoms with Gasteiger partial charge in [-0.15, -0.1) is 0 Å². The maximum atomic E-state index is 14.8. The minimum Gasteiger partial charge on any atom is -0.255 e. The Morgan fingerprint density at radius 1 is 0.868 bits per heavy atom. The zero-order valence-electron chi connectivity index (χ0n) is 19.0. The van der Waals surface area contributed by atoms with Crippen molar-refractivity contribution in [3.05, 3.63) is 83.4 Å². The van der Waals surface area contributed by atoms with Gasteiger partial charge in [0.05, 0.1) is 11.7 Å². The highest BCUT2D eigenvalue weighted by molar-refractivity contribution is 7.90. The van der Waals surface area contributed by atoms with Gasteiger partial charge in [-0.1, -0.05) is 18.2 Å². The Hall–Kier alpha value is -3.55. The van der Waals surface area contributed by atoms with Crippen LogP contribution in [0.2, 0.25) is 0 Å². The Balaban J connectivity index is 1.83. The van der Waals surface area contributed by atoms with Gasteiger partial charge in [-0.25, -0.2) is 26.0 Å². The van der Waals surface area contributed by atoms with Crippen LogP contribution in [0.3, 0.4) is 0 Å². The SMILES string of the molecule is CS(=O)(=O)c1cc(F)c(-c2cccc(C3CC(C(F)(F)C(F)(F)F)=NN3c3ccc(F)cc3F)c2)cc1F.